The van der Waals surface area contributed by atoms with Gasteiger partial charge in [0.05, 0.1) is 6.61 Å². The molecule has 0 aromatic heterocycles. The summed E-state index contributed by atoms with van der Waals surface area (Å²) in [6.07, 6.45) is 0.515. The molecule has 1 rings (SSSR count). The predicted molar refractivity (Wildman–Crippen MR) is 25.7 cm³/mol. The monoisotopic (exact) mass is 102 g/mol. The molecule has 2 nitrogen and oxygen atoms in total. The van der Waals surface area contributed by atoms with Gasteiger partial charge in [0.1, 0.15) is 0 Å². The fourth-order valence-corrected chi connectivity index (χ4v) is 0.682. The van der Waals surface area contributed by atoms with Crippen LogP contribution in [0, 0.1) is 5.92 Å². The Morgan fingerprint density at radius 3 is 2.57 bits per heavy atom. The van der Waals surface area contributed by atoms with Crippen molar-refractivity contribution >= 4 is 0 Å². The molecular weight excluding hydrogens is 92.1 g/mol. The van der Waals surface area contributed by atoms with Gasteiger partial charge < -0.3 is 9.84 Å². The van der Waals surface area contributed by atoms with Crippen LogP contribution >= 0.6 is 0 Å². The van der Waals surface area contributed by atoms with Crippen LogP contribution in [0.4, 0.5) is 0 Å². The first-order valence-corrected chi connectivity index (χ1v) is 2.60. The number of rotatable bonds is 0. The summed E-state index contributed by atoms with van der Waals surface area (Å²) in [4.78, 5) is 0. The summed E-state index contributed by atoms with van der Waals surface area (Å²) in [7, 11) is 0. The summed E-state index contributed by atoms with van der Waals surface area (Å²) < 4.78 is 4.82. The van der Waals surface area contributed by atoms with Crippen molar-refractivity contribution in [2.24, 2.45) is 5.92 Å². The molecule has 0 aromatic carbocycles. The van der Waals surface area contributed by atoms with Gasteiger partial charge in [-0.25, -0.2) is 0 Å². The molecule has 0 saturated carbocycles. The highest BCUT2D eigenvalue weighted by Crippen LogP contribution is 2.16. The van der Waals surface area contributed by atoms with Crippen molar-refractivity contribution in [3.05, 3.63) is 0 Å². The van der Waals surface area contributed by atoms with Gasteiger partial charge in [-0.15, -0.1) is 0 Å². The van der Waals surface area contributed by atoms with Crippen LogP contribution in [0.3, 0.4) is 0 Å². The maximum absolute atomic E-state index is 8.78. The number of aliphatic hydroxyl groups excluding tert-OH is 1. The van der Waals surface area contributed by atoms with Gasteiger partial charge in [-0.1, -0.05) is 6.92 Å². The van der Waals surface area contributed by atoms with Crippen molar-refractivity contribution in [1.82, 2.24) is 0 Å². The fraction of sp³-hybridized carbons (Fsp3) is 1.00. The van der Waals surface area contributed by atoms with Crippen molar-refractivity contribution in [2.45, 2.75) is 19.6 Å². The number of hydrogen-bond donors (Lipinski definition) is 1. The lowest BCUT2D eigenvalue weighted by Gasteiger charge is -2.03. The maximum Gasteiger partial charge on any atom is 0.157 e. The van der Waals surface area contributed by atoms with Gasteiger partial charge in [0.15, 0.2) is 6.29 Å². The number of hydrogen-bond acceptors (Lipinski definition) is 2. The predicted octanol–water partition coefficient (Wildman–Crippen LogP) is 0.361. The number of aliphatic hydroxyl groups is 1. The molecule has 0 amide bonds. The molecule has 1 heterocycles. The van der Waals surface area contributed by atoms with E-state index in [9.17, 15) is 0 Å². The van der Waals surface area contributed by atoms with E-state index >= 15 is 0 Å². The third-order valence-corrected chi connectivity index (χ3v) is 1.35. The molecule has 0 spiro atoms. The largest absolute Gasteiger partial charge is 0.368 e. The molecule has 1 fully saturated rings. The second-order valence-corrected chi connectivity index (χ2v) is 2.03. The average Bonchev–Trinajstić information content (AvgIpc) is 1.91. The second kappa shape index (κ2) is 1.80. The Morgan fingerprint density at radius 2 is 2.43 bits per heavy atom. The lowest BCUT2D eigenvalue weighted by molar-refractivity contribution is -0.0786. The molecule has 0 radical (unpaired) electrons. The zero-order chi connectivity index (χ0) is 5.28. The summed E-state index contributed by atoms with van der Waals surface area (Å²) in [5.74, 6) is 0.347. The van der Waals surface area contributed by atoms with Crippen LogP contribution in [0.15, 0.2) is 0 Å². The Hall–Kier alpha value is -0.0800. The molecule has 0 bridgehead atoms. The van der Waals surface area contributed by atoms with E-state index in [0.717, 1.165) is 13.0 Å². The highest BCUT2D eigenvalue weighted by molar-refractivity contribution is 4.61. The summed E-state index contributed by atoms with van der Waals surface area (Å²) in [5, 5.41) is 8.78. The molecule has 1 N–H and O–H groups in total. The van der Waals surface area contributed by atoms with Gasteiger partial charge in [-0.2, -0.15) is 0 Å². The molecule has 7 heavy (non-hydrogen) atoms. The summed E-state index contributed by atoms with van der Waals surface area (Å²) in [6.45, 7) is 2.71. The van der Waals surface area contributed by atoms with Gasteiger partial charge >= 0.3 is 0 Å². The summed E-state index contributed by atoms with van der Waals surface area (Å²) >= 11 is 0. The SMILES string of the molecule is C[C@H]1CCO[C@@H]1O. The Kier molecular flexibility index (Phi) is 1.30. The van der Waals surface area contributed by atoms with Crippen LogP contribution in [-0.4, -0.2) is 18.0 Å². The van der Waals surface area contributed by atoms with Gasteiger partial charge in [-0.05, 0) is 6.42 Å². The normalized spacial score (nSPS) is 42.0. The molecule has 1 aliphatic rings. The molecule has 0 aromatic rings. The first kappa shape index (κ1) is 5.06. The van der Waals surface area contributed by atoms with E-state index in [1.807, 2.05) is 6.92 Å². The average molecular weight is 102 g/mol. The second-order valence-electron chi connectivity index (χ2n) is 2.03. The van der Waals surface area contributed by atoms with E-state index in [1.165, 1.54) is 0 Å². The molecule has 0 aliphatic carbocycles. The van der Waals surface area contributed by atoms with E-state index < -0.39 is 6.29 Å². The molecule has 1 aliphatic heterocycles. The van der Waals surface area contributed by atoms with Crippen LogP contribution < -0.4 is 0 Å². The lowest BCUT2D eigenvalue weighted by Crippen LogP contribution is -2.10. The van der Waals surface area contributed by atoms with Gasteiger partial charge in [0.2, 0.25) is 0 Å². The van der Waals surface area contributed by atoms with Crippen molar-refractivity contribution in [3.8, 4) is 0 Å². The van der Waals surface area contributed by atoms with Gasteiger partial charge in [0.25, 0.3) is 0 Å². The molecule has 1 saturated heterocycles. The van der Waals surface area contributed by atoms with Crippen LogP contribution in [0.5, 0.6) is 0 Å². The van der Waals surface area contributed by atoms with Crippen LogP contribution in [-0.2, 0) is 4.74 Å². The third-order valence-electron chi connectivity index (χ3n) is 1.35. The molecule has 42 valence electrons. The Balaban J connectivity index is 2.33. The van der Waals surface area contributed by atoms with Crippen LogP contribution in [0.1, 0.15) is 13.3 Å². The van der Waals surface area contributed by atoms with Crippen LogP contribution in [0.2, 0.25) is 0 Å². The fourth-order valence-electron chi connectivity index (χ4n) is 0.682. The minimum atomic E-state index is -0.486. The van der Waals surface area contributed by atoms with Gasteiger partial charge in [-0.3, -0.25) is 0 Å². The quantitative estimate of drug-likeness (QED) is 0.478. The summed E-state index contributed by atoms with van der Waals surface area (Å²) in [6, 6.07) is 0. The molecular formula is C5H10O2. The summed E-state index contributed by atoms with van der Waals surface area (Å²) in [5.41, 5.74) is 0. The molecule has 2 heteroatoms. The van der Waals surface area contributed by atoms with Crippen LogP contribution in [0.25, 0.3) is 0 Å². The molecule has 2 atom stereocenters. The van der Waals surface area contributed by atoms with E-state index in [4.69, 9.17) is 9.84 Å². The van der Waals surface area contributed by atoms with E-state index in [0.29, 0.717) is 5.92 Å². The van der Waals surface area contributed by atoms with Gasteiger partial charge in [0, 0.05) is 5.92 Å². The highest BCUT2D eigenvalue weighted by atomic mass is 16.6. The Morgan fingerprint density at radius 1 is 1.71 bits per heavy atom. The van der Waals surface area contributed by atoms with Crippen molar-refractivity contribution in [2.75, 3.05) is 6.61 Å². The Labute approximate surface area is 43.1 Å². The third kappa shape index (κ3) is 0.924. The highest BCUT2D eigenvalue weighted by Gasteiger charge is 2.20. The standard InChI is InChI=1S/C5H10O2/c1-4-2-3-7-5(4)6/h4-6H,2-3H2,1H3/t4-,5-/m0/s1. The van der Waals surface area contributed by atoms with E-state index in [1.54, 1.807) is 0 Å². The topological polar surface area (TPSA) is 29.5 Å². The first-order valence-electron chi connectivity index (χ1n) is 2.60. The zero-order valence-corrected chi connectivity index (χ0v) is 4.42. The minimum Gasteiger partial charge on any atom is -0.368 e. The Bertz CT molecular complexity index is 55.1. The first-order chi connectivity index (χ1) is 3.30. The van der Waals surface area contributed by atoms with Crippen molar-refractivity contribution < 1.29 is 9.84 Å². The number of ether oxygens (including phenoxy) is 1. The van der Waals surface area contributed by atoms with E-state index in [2.05, 4.69) is 0 Å². The minimum absolute atomic E-state index is 0.347. The lowest BCUT2D eigenvalue weighted by atomic mass is 10.1. The molecule has 0 unspecified atom stereocenters. The zero-order valence-electron chi connectivity index (χ0n) is 4.42. The van der Waals surface area contributed by atoms with E-state index in [-0.39, 0.29) is 0 Å². The van der Waals surface area contributed by atoms with Crippen molar-refractivity contribution in [1.29, 1.82) is 0 Å². The maximum atomic E-state index is 8.78. The van der Waals surface area contributed by atoms with Crippen molar-refractivity contribution in [3.63, 3.8) is 0 Å². The smallest absolute Gasteiger partial charge is 0.157 e.